The van der Waals surface area contributed by atoms with Crippen LogP contribution in [0.2, 0.25) is 0 Å². The summed E-state index contributed by atoms with van der Waals surface area (Å²) in [7, 11) is 0.120. The fourth-order valence-electron chi connectivity index (χ4n) is 1.25. The van der Waals surface area contributed by atoms with Crippen molar-refractivity contribution in [2.24, 2.45) is 0 Å². The van der Waals surface area contributed by atoms with Gasteiger partial charge in [-0.3, -0.25) is 0 Å². The van der Waals surface area contributed by atoms with Crippen molar-refractivity contribution >= 4 is 12.6 Å². The summed E-state index contributed by atoms with van der Waals surface area (Å²) in [5.74, 6) is 0.988. The van der Waals surface area contributed by atoms with Gasteiger partial charge in [0.1, 0.15) is 5.75 Å². The predicted octanol–water partition coefficient (Wildman–Crippen LogP) is 0.498. The maximum atomic E-state index is 9.05. The van der Waals surface area contributed by atoms with Crippen LogP contribution in [0.15, 0.2) is 18.2 Å². The van der Waals surface area contributed by atoms with Gasteiger partial charge < -0.3 is 14.8 Å². The van der Waals surface area contributed by atoms with Crippen molar-refractivity contribution in [1.29, 1.82) is 0 Å². The number of methoxy groups -OCH3 is 1. The van der Waals surface area contributed by atoms with Crippen LogP contribution in [0.5, 0.6) is 5.75 Å². The van der Waals surface area contributed by atoms with E-state index in [0.717, 1.165) is 5.56 Å². The number of hydrogen-bond acceptors (Lipinski definition) is 3. The molecule has 1 aromatic carbocycles. The highest BCUT2D eigenvalue weighted by Crippen LogP contribution is 2.18. The van der Waals surface area contributed by atoms with Gasteiger partial charge in [-0.1, -0.05) is 19.9 Å². The minimum absolute atomic E-state index is 0.336. The molecule has 2 N–H and O–H groups in total. The van der Waals surface area contributed by atoms with E-state index in [1.54, 1.807) is 19.2 Å². The van der Waals surface area contributed by atoms with Gasteiger partial charge in [0.15, 0.2) is 0 Å². The highest BCUT2D eigenvalue weighted by atomic mass is 16.5. The minimum atomic E-state index is -1.44. The zero-order valence-electron chi connectivity index (χ0n) is 8.69. The molecule has 0 fully saturated rings. The van der Waals surface area contributed by atoms with Crippen LogP contribution >= 0.6 is 0 Å². The molecule has 1 rings (SSSR count). The van der Waals surface area contributed by atoms with Gasteiger partial charge in [0.25, 0.3) is 0 Å². The molecule has 0 saturated heterocycles. The van der Waals surface area contributed by atoms with Crippen LogP contribution in [0.4, 0.5) is 0 Å². The van der Waals surface area contributed by atoms with Crippen LogP contribution in [0.25, 0.3) is 0 Å². The zero-order valence-corrected chi connectivity index (χ0v) is 8.69. The lowest BCUT2D eigenvalue weighted by atomic mass is 9.78. The Bertz CT molecular complexity index is 284. The van der Waals surface area contributed by atoms with Gasteiger partial charge in [0.2, 0.25) is 0 Å². The molecule has 0 aliphatic heterocycles. The van der Waals surface area contributed by atoms with Crippen LogP contribution in [0.1, 0.15) is 25.3 Å². The maximum absolute atomic E-state index is 9.05. The summed E-state index contributed by atoms with van der Waals surface area (Å²) in [6.45, 7) is 4.09. The van der Waals surface area contributed by atoms with E-state index in [1.807, 2.05) is 19.9 Å². The van der Waals surface area contributed by atoms with Crippen molar-refractivity contribution in [3.05, 3.63) is 23.8 Å². The van der Waals surface area contributed by atoms with Crippen LogP contribution < -0.4 is 10.2 Å². The molecule has 0 saturated carbocycles. The normalized spacial score (nSPS) is 10.4. The van der Waals surface area contributed by atoms with Crippen LogP contribution in [0, 0.1) is 0 Å². The molecule has 0 amide bonds. The minimum Gasteiger partial charge on any atom is -0.497 e. The quantitative estimate of drug-likeness (QED) is 0.688. The van der Waals surface area contributed by atoms with Gasteiger partial charge in [-0.15, -0.1) is 0 Å². The van der Waals surface area contributed by atoms with Gasteiger partial charge in [-0.25, -0.2) is 0 Å². The Hall–Kier alpha value is -0.995. The molecule has 0 spiro atoms. The molecule has 0 atom stereocenters. The maximum Gasteiger partial charge on any atom is 0.488 e. The zero-order chi connectivity index (χ0) is 10.7. The first-order valence-electron chi connectivity index (χ1n) is 4.59. The fourth-order valence-corrected chi connectivity index (χ4v) is 1.25. The Kier molecular flexibility index (Phi) is 3.55. The Morgan fingerprint density at radius 3 is 2.29 bits per heavy atom. The third kappa shape index (κ3) is 2.50. The van der Waals surface area contributed by atoms with E-state index in [-0.39, 0.29) is 0 Å². The third-order valence-corrected chi connectivity index (χ3v) is 2.15. The lowest BCUT2D eigenvalue weighted by Crippen LogP contribution is -2.30. The third-order valence-electron chi connectivity index (χ3n) is 2.15. The fraction of sp³-hybridized carbons (Fsp3) is 0.400. The molecule has 3 nitrogen and oxygen atoms in total. The average Bonchev–Trinajstić information content (AvgIpc) is 2.16. The molecule has 76 valence electrons. The molecular weight excluding hydrogens is 179 g/mol. The molecule has 0 heterocycles. The summed E-state index contributed by atoms with van der Waals surface area (Å²) >= 11 is 0. The first-order chi connectivity index (χ1) is 6.54. The molecule has 4 heteroatoms. The summed E-state index contributed by atoms with van der Waals surface area (Å²) in [6.07, 6.45) is 0. The van der Waals surface area contributed by atoms with Crippen molar-refractivity contribution < 1.29 is 14.8 Å². The summed E-state index contributed by atoms with van der Waals surface area (Å²) in [4.78, 5) is 0. The molecule has 0 aliphatic rings. The Balaban J connectivity index is 3.13. The summed E-state index contributed by atoms with van der Waals surface area (Å²) < 4.78 is 5.07. The highest BCUT2D eigenvalue weighted by Gasteiger charge is 2.14. The van der Waals surface area contributed by atoms with Crippen molar-refractivity contribution in [2.45, 2.75) is 19.8 Å². The summed E-state index contributed by atoms with van der Waals surface area (Å²) in [6, 6.07) is 5.30. The van der Waals surface area contributed by atoms with E-state index < -0.39 is 7.12 Å². The van der Waals surface area contributed by atoms with Crippen molar-refractivity contribution in [1.82, 2.24) is 0 Å². The van der Waals surface area contributed by atoms with E-state index >= 15 is 0 Å². The lowest BCUT2D eigenvalue weighted by molar-refractivity contribution is 0.411. The topological polar surface area (TPSA) is 49.7 Å². The number of ether oxygens (including phenoxy) is 1. The summed E-state index contributed by atoms with van der Waals surface area (Å²) in [5, 5.41) is 18.1. The van der Waals surface area contributed by atoms with Gasteiger partial charge in [-0.05, 0) is 29.1 Å². The first-order valence-corrected chi connectivity index (χ1v) is 4.59. The molecule has 0 bridgehead atoms. The van der Waals surface area contributed by atoms with Gasteiger partial charge in [0, 0.05) is 0 Å². The number of benzene rings is 1. The Morgan fingerprint density at radius 2 is 1.86 bits per heavy atom. The molecule has 0 radical (unpaired) electrons. The summed E-state index contributed by atoms with van der Waals surface area (Å²) in [5.41, 5.74) is 1.50. The second-order valence-electron chi connectivity index (χ2n) is 3.57. The predicted molar refractivity (Wildman–Crippen MR) is 56.9 cm³/mol. The molecule has 0 unspecified atom stereocenters. The second kappa shape index (κ2) is 4.48. The molecule has 14 heavy (non-hydrogen) atoms. The van der Waals surface area contributed by atoms with Crippen molar-refractivity contribution in [3.8, 4) is 5.75 Å². The van der Waals surface area contributed by atoms with Gasteiger partial charge in [-0.2, -0.15) is 0 Å². The second-order valence-corrected chi connectivity index (χ2v) is 3.57. The first kappa shape index (κ1) is 11.1. The largest absolute Gasteiger partial charge is 0.497 e. The molecule has 1 aromatic rings. The smallest absolute Gasteiger partial charge is 0.488 e. The molecular formula is C10H15BO3. The Labute approximate surface area is 84.5 Å². The van der Waals surface area contributed by atoms with E-state index in [2.05, 4.69) is 0 Å². The lowest BCUT2D eigenvalue weighted by Gasteiger charge is -2.10. The van der Waals surface area contributed by atoms with Crippen LogP contribution in [-0.4, -0.2) is 24.3 Å². The van der Waals surface area contributed by atoms with E-state index in [1.165, 1.54) is 0 Å². The highest BCUT2D eigenvalue weighted by molar-refractivity contribution is 6.58. The van der Waals surface area contributed by atoms with Crippen LogP contribution in [-0.2, 0) is 0 Å². The van der Waals surface area contributed by atoms with Gasteiger partial charge >= 0.3 is 7.12 Å². The van der Waals surface area contributed by atoms with E-state index in [4.69, 9.17) is 14.8 Å². The van der Waals surface area contributed by atoms with E-state index in [0.29, 0.717) is 17.1 Å². The Morgan fingerprint density at radius 1 is 1.21 bits per heavy atom. The number of rotatable bonds is 3. The van der Waals surface area contributed by atoms with Crippen molar-refractivity contribution in [3.63, 3.8) is 0 Å². The SMILES string of the molecule is COc1cc(B(O)O)cc(C(C)C)c1. The van der Waals surface area contributed by atoms with Gasteiger partial charge in [0.05, 0.1) is 7.11 Å². The van der Waals surface area contributed by atoms with Crippen LogP contribution in [0.3, 0.4) is 0 Å². The standard InChI is InChI=1S/C10H15BO3/c1-7(2)8-4-9(11(12)13)6-10(5-8)14-3/h4-7,12-13H,1-3H3. The van der Waals surface area contributed by atoms with E-state index in [9.17, 15) is 0 Å². The number of hydrogen-bond donors (Lipinski definition) is 2. The van der Waals surface area contributed by atoms with Crippen molar-refractivity contribution in [2.75, 3.05) is 7.11 Å². The molecule has 0 aliphatic carbocycles. The monoisotopic (exact) mass is 194 g/mol. The average molecular weight is 194 g/mol. The molecule has 0 aromatic heterocycles.